The average Bonchev–Trinajstić information content (AvgIpc) is 1.95. The molecule has 0 radical (unpaired) electrons. The van der Waals surface area contributed by atoms with Gasteiger partial charge in [-0.3, -0.25) is 5.41 Å². The molecule has 0 aromatic heterocycles. The van der Waals surface area contributed by atoms with E-state index in [0.717, 1.165) is 13.1 Å². The predicted molar refractivity (Wildman–Crippen MR) is 54.9 cm³/mol. The quantitative estimate of drug-likeness (QED) is 0.416. The third kappa shape index (κ3) is 7.74. The van der Waals surface area contributed by atoms with E-state index in [-0.39, 0.29) is 5.84 Å². The van der Waals surface area contributed by atoms with E-state index in [9.17, 15) is 5.11 Å². The number of nitrogens with one attached hydrogen (secondary N) is 1. The second-order valence-corrected chi connectivity index (χ2v) is 3.96. The van der Waals surface area contributed by atoms with Crippen molar-refractivity contribution in [3.63, 3.8) is 0 Å². The SMILES string of the molecule is CCN(CCC(=N)N)CC(C)(C)O. The number of aliphatic hydroxyl groups is 1. The first-order valence-corrected chi connectivity index (χ1v) is 4.63. The van der Waals surface area contributed by atoms with Gasteiger partial charge in [-0.05, 0) is 20.4 Å². The summed E-state index contributed by atoms with van der Waals surface area (Å²) in [6.45, 7) is 7.84. The Bertz CT molecular complexity index is 163. The van der Waals surface area contributed by atoms with E-state index in [0.29, 0.717) is 13.0 Å². The summed E-state index contributed by atoms with van der Waals surface area (Å²) in [6.07, 6.45) is 0.573. The summed E-state index contributed by atoms with van der Waals surface area (Å²) in [7, 11) is 0. The molecule has 4 heteroatoms. The summed E-state index contributed by atoms with van der Waals surface area (Å²) in [4.78, 5) is 2.08. The highest BCUT2D eigenvalue weighted by Gasteiger charge is 2.16. The average molecular weight is 187 g/mol. The lowest BCUT2D eigenvalue weighted by Gasteiger charge is -2.27. The Morgan fingerprint density at radius 2 is 2.08 bits per heavy atom. The molecule has 0 bridgehead atoms. The molecule has 0 aliphatic rings. The first-order chi connectivity index (χ1) is 5.85. The third-order valence-corrected chi connectivity index (χ3v) is 1.76. The molecular weight excluding hydrogens is 166 g/mol. The first kappa shape index (κ1) is 12.4. The van der Waals surface area contributed by atoms with Gasteiger partial charge in [-0.25, -0.2) is 0 Å². The minimum atomic E-state index is -0.674. The molecule has 0 spiro atoms. The van der Waals surface area contributed by atoms with Gasteiger partial charge in [0.05, 0.1) is 11.4 Å². The molecule has 0 rings (SSSR count). The maximum absolute atomic E-state index is 9.56. The van der Waals surface area contributed by atoms with Gasteiger partial charge in [-0.15, -0.1) is 0 Å². The summed E-state index contributed by atoms with van der Waals surface area (Å²) in [5, 5.41) is 16.6. The molecule has 0 aliphatic heterocycles. The predicted octanol–water partition coefficient (Wildman–Crippen LogP) is 0.405. The number of hydrogen-bond donors (Lipinski definition) is 3. The maximum atomic E-state index is 9.56. The minimum absolute atomic E-state index is 0.203. The van der Waals surface area contributed by atoms with Crippen LogP contribution in [0.5, 0.6) is 0 Å². The molecule has 0 aliphatic carbocycles. The van der Waals surface area contributed by atoms with E-state index >= 15 is 0 Å². The van der Waals surface area contributed by atoms with Gasteiger partial charge < -0.3 is 15.7 Å². The van der Waals surface area contributed by atoms with E-state index < -0.39 is 5.60 Å². The van der Waals surface area contributed by atoms with Crippen LogP contribution < -0.4 is 5.73 Å². The van der Waals surface area contributed by atoms with Crippen molar-refractivity contribution in [1.82, 2.24) is 4.90 Å². The van der Waals surface area contributed by atoms with Crippen molar-refractivity contribution in [1.29, 1.82) is 5.41 Å². The Labute approximate surface area is 80.2 Å². The van der Waals surface area contributed by atoms with Crippen molar-refractivity contribution >= 4 is 5.84 Å². The lowest BCUT2D eigenvalue weighted by Crippen LogP contribution is -2.39. The van der Waals surface area contributed by atoms with Crippen LogP contribution in [0.3, 0.4) is 0 Å². The first-order valence-electron chi connectivity index (χ1n) is 4.63. The molecule has 4 N–H and O–H groups in total. The number of likely N-dealkylation sites (N-methyl/N-ethyl adjacent to an activating group) is 1. The Balaban J connectivity index is 3.83. The van der Waals surface area contributed by atoms with Crippen LogP contribution in [-0.4, -0.2) is 41.1 Å². The van der Waals surface area contributed by atoms with Crippen LogP contribution in [0.15, 0.2) is 0 Å². The van der Waals surface area contributed by atoms with Gasteiger partial charge in [0.25, 0.3) is 0 Å². The largest absolute Gasteiger partial charge is 0.389 e. The lowest BCUT2D eigenvalue weighted by atomic mass is 10.1. The molecule has 0 aromatic carbocycles. The van der Waals surface area contributed by atoms with Gasteiger partial charge >= 0.3 is 0 Å². The molecular formula is C9H21N3O. The summed E-state index contributed by atoms with van der Waals surface area (Å²) < 4.78 is 0. The van der Waals surface area contributed by atoms with E-state index in [1.807, 2.05) is 6.92 Å². The molecule has 0 aromatic rings. The fourth-order valence-corrected chi connectivity index (χ4v) is 1.17. The van der Waals surface area contributed by atoms with E-state index in [1.54, 1.807) is 13.8 Å². The van der Waals surface area contributed by atoms with Crippen molar-refractivity contribution in [2.75, 3.05) is 19.6 Å². The molecule has 13 heavy (non-hydrogen) atoms. The van der Waals surface area contributed by atoms with Crippen molar-refractivity contribution in [3.05, 3.63) is 0 Å². The number of hydrogen-bond acceptors (Lipinski definition) is 3. The molecule has 78 valence electrons. The molecule has 0 atom stereocenters. The van der Waals surface area contributed by atoms with Crippen molar-refractivity contribution in [2.45, 2.75) is 32.8 Å². The highest BCUT2D eigenvalue weighted by atomic mass is 16.3. The topological polar surface area (TPSA) is 73.3 Å². The Kier molecular flexibility index (Phi) is 4.95. The maximum Gasteiger partial charge on any atom is 0.0918 e. The summed E-state index contributed by atoms with van der Waals surface area (Å²) in [5.41, 5.74) is 4.58. The van der Waals surface area contributed by atoms with Crippen molar-refractivity contribution in [2.24, 2.45) is 5.73 Å². The zero-order valence-corrected chi connectivity index (χ0v) is 8.80. The number of rotatable bonds is 6. The standard InChI is InChI=1S/C9H21N3O/c1-4-12(6-5-8(10)11)7-9(2,3)13/h13H,4-7H2,1-3H3,(H3,10,11). The van der Waals surface area contributed by atoms with Gasteiger partial charge in [0.2, 0.25) is 0 Å². The molecule has 0 saturated carbocycles. The third-order valence-electron chi connectivity index (χ3n) is 1.76. The van der Waals surface area contributed by atoms with Crippen LogP contribution in [0, 0.1) is 5.41 Å². The normalized spacial score (nSPS) is 12.1. The van der Waals surface area contributed by atoms with Crippen molar-refractivity contribution < 1.29 is 5.11 Å². The van der Waals surface area contributed by atoms with Crippen LogP contribution in [-0.2, 0) is 0 Å². The summed E-state index contributed by atoms with van der Waals surface area (Å²) in [5.74, 6) is 0.203. The zero-order valence-electron chi connectivity index (χ0n) is 8.80. The molecule has 0 unspecified atom stereocenters. The van der Waals surface area contributed by atoms with Crippen LogP contribution in [0.2, 0.25) is 0 Å². The van der Waals surface area contributed by atoms with Gasteiger partial charge in [-0.2, -0.15) is 0 Å². The van der Waals surface area contributed by atoms with E-state index in [1.165, 1.54) is 0 Å². The zero-order chi connectivity index (χ0) is 10.5. The van der Waals surface area contributed by atoms with Gasteiger partial charge in [-0.1, -0.05) is 6.92 Å². The minimum Gasteiger partial charge on any atom is -0.389 e. The van der Waals surface area contributed by atoms with E-state index in [2.05, 4.69) is 4.90 Å². The van der Waals surface area contributed by atoms with Crippen LogP contribution >= 0.6 is 0 Å². The van der Waals surface area contributed by atoms with E-state index in [4.69, 9.17) is 11.1 Å². The monoisotopic (exact) mass is 187 g/mol. The number of amidine groups is 1. The highest BCUT2D eigenvalue weighted by molar-refractivity contribution is 5.76. The Hall–Kier alpha value is -0.610. The second kappa shape index (κ2) is 5.19. The number of nitrogens with two attached hydrogens (primary N) is 1. The smallest absolute Gasteiger partial charge is 0.0918 e. The fourth-order valence-electron chi connectivity index (χ4n) is 1.17. The molecule has 4 nitrogen and oxygen atoms in total. The van der Waals surface area contributed by atoms with Crippen LogP contribution in [0.1, 0.15) is 27.2 Å². The number of nitrogens with zero attached hydrogens (tertiary/aromatic N) is 1. The Morgan fingerprint density at radius 3 is 2.38 bits per heavy atom. The van der Waals surface area contributed by atoms with Gasteiger partial charge in [0.15, 0.2) is 0 Å². The van der Waals surface area contributed by atoms with Crippen molar-refractivity contribution in [3.8, 4) is 0 Å². The summed E-state index contributed by atoms with van der Waals surface area (Å²) >= 11 is 0. The van der Waals surface area contributed by atoms with Gasteiger partial charge in [0, 0.05) is 19.5 Å². The van der Waals surface area contributed by atoms with Crippen LogP contribution in [0.25, 0.3) is 0 Å². The van der Waals surface area contributed by atoms with Gasteiger partial charge in [0.1, 0.15) is 0 Å². The highest BCUT2D eigenvalue weighted by Crippen LogP contribution is 2.04. The summed E-state index contributed by atoms with van der Waals surface area (Å²) in [6, 6.07) is 0. The molecule has 0 heterocycles. The second-order valence-electron chi connectivity index (χ2n) is 3.96. The Morgan fingerprint density at radius 1 is 1.54 bits per heavy atom. The molecule has 0 saturated heterocycles. The lowest BCUT2D eigenvalue weighted by molar-refractivity contribution is 0.0387. The molecule has 0 amide bonds. The molecule has 0 fully saturated rings. The van der Waals surface area contributed by atoms with Crippen LogP contribution in [0.4, 0.5) is 0 Å². The fraction of sp³-hybridized carbons (Fsp3) is 0.889.